The molecule has 146 valence electrons. The lowest BCUT2D eigenvalue weighted by atomic mass is 10.1. The van der Waals surface area contributed by atoms with E-state index in [9.17, 15) is 0 Å². The average molecular weight is 434 g/mol. The van der Waals surface area contributed by atoms with E-state index in [1.54, 1.807) is 0 Å². The van der Waals surface area contributed by atoms with Crippen molar-refractivity contribution in [3.8, 4) is 5.75 Å². The van der Waals surface area contributed by atoms with Crippen molar-refractivity contribution >= 4 is 35.0 Å². The zero-order valence-corrected chi connectivity index (χ0v) is 18.1. The van der Waals surface area contributed by atoms with E-state index in [-0.39, 0.29) is 0 Å². The van der Waals surface area contributed by atoms with Crippen LogP contribution >= 0.6 is 35.0 Å². The Balaban J connectivity index is 1.76. The molecule has 0 N–H and O–H groups in total. The van der Waals surface area contributed by atoms with Crippen LogP contribution in [0.25, 0.3) is 0 Å². The van der Waals surface area contributed by atoms with Gasteiger partial charge in [0.15, 0.2) is 11.0 Å². The molecule has 4 nitrogen and oxygen atoms in total. The van der Waals surface area contributed by atoms with Gasteiger partial charge in [0.2, 0.25) is 0 Å². The third-order valence-corrected chi connectivity index (χ3v) is 6.13. The summed E-state index contributed by atoms with van der Waals surface area (Å²) in [6, 6.07) is 11.5. The summed E-state index contributed by atoms with van der Waals surface area (Å²) >= 11 is 14.1. The first-order chi connectivity index (χ1) is 13.5. The molecule has 0 aliphatic heterocycles. The van der Waals surface area contributed by atoms with Crippen LogP contribution < -0.4 is 4.74 Å². The molecule has 0 aliphatic rings. The molecule has 28 heavy (non-hydrogen) atoms. The summed E-state index contributed by atoms with van der Waals surface area (Å²) in [6.07, 6.45) is 1.82. The molecule has 0 atom stereocenters. The summed E-state index contributed by atoms with van der Waals surface area (Å²) in [4.78, 5) is 0. The molecule has 0 fully saturated rings. The Bertz CT molecular complexity index is 968. The topological polar surface area (TPSA) is 39.9 Å². The molecular weight excluding hydrogens is 413 g/mol. The largest absolute Gasteiger partial charge is 0.485 e. The number of nitrogens with zero attached hydrogens (tertiary/aromatic N) is 3. The Morgan fingerprint density at radius 2 is 1.82 bits per heavy atom. The minimum Gasteiger partial charge on any atom is -0.485 e. The lowest BCUT2D eigenvalue weighted by Gasteiger charge is -2.12. The van der Waals surface area contributed by atoms with Crippen molar-refractivity contribution in [1.82, 2.24) is 14.8 Å². The molecule has 1 aromatic heterocycles. The smallest absolute Gasteiger partial charge is 0.191 e. The highest BCUT2D eigenvalue weighted by atomic mass is 35.5. The number of benzene rings is 2. The van der Waals surface area contributed by atoms with Gasteiger partial charge in [0.05, 0.1) is 0 Å². The van der Waals surface area contributed by atoms with Gasteiger partial charge in [0, 0.05) is 22.3 Å². The number of allylic oxidation sites excluding steroid dienone is 1. The Morgan fingerprint density at radius 1 is 1.11 bits per heavy atom. The monoisotopic (exact) mass is 433 g/mol. The highest BCUT2D eigenvalue weighted by Gasteiger charge is 2.15. The third-order valence-electron chi connectivity index (χ3n) is 4.42. The summed E-state index contributed by atoms with van der Waals surface area (Å²) < 4.78 is 7.99. The maximum atomic E-state index is 6.27. The van der Waals surface area contributed by atoms with Crippen LogP contribution in [0.2, 0.25) is 10.0 Å². The van der Waals surface area contributed by atoms with Crippen molar-refractivity contribution in [1.29, 1.82) is 0 Å². The summed E-state index contributed by atoms with van der Waals surface area (Å²) in [7, 11) is 0. The first-order valence-corrected chi connectivity index (χ1v) is 10.5. The van der Waals surface area contributed by atoms with Crippen LogP contribution in [0.3, 0.4) is 0 Å². The van der Waals surface area contributed by atoms with Gasteiger partial charge in [-0.1, -0.05) is 59.2 Å². The van der Waals surface area contributed by atoms with E-state index < -0.39 is 0 Å². The van der Waals surface area contributed by atoms with Crippen molar-refractivity contribution in [2.75, 3.05) is 0 Å². The number of hydrogen-bond donors (Lipinski definition) is 0. The van der Waals surface area contributed by atoms with Crippen LogP contribution in [0.5, 0.6) is 5.75 Å². The summed E-state index contributed by atoms with van der Waals surface area (Å²) in [5, 5.41) is 10.7. The minimum atomic E-state index is 0.332. The fourth-order valence-electron chi connectivity index (χ4n) is 2.67. The third kappa shape index (κ3) is 4.72. The van der Waals surface area contributed by atoms with Gasteiger partial charge in [-0.05, 0) is 48.7 Å². The molecule has 1 heterocycles. The van der Waals surface area contributed by atoms with E-state index >= 15 is 0 Å². The van der Waals surface area contributed by atoms with Gasteiger partial charge in [-0.15, -0.1) is 16.8 Å². The standard InChI is InChI=1S/C21H21Cl2N3OS/c1-4-11-26-20(12-27-19-10-5-7-14(2)15(19)3)24-25-21(26)28-13-16-17(22)8-6-9-18(16)23/h4-10H,1,11-13H2,2-3H3. The van der Waals surface area contributed by atoms with E-state index in [0.29, 0.717) is 28.9 Å². The predicted octanol–water partition coefficient (Wildman–Crippen LogP) is 6.26. The fourth-order valence-corrected chi connectivity index (χ4v) is 4.38. The van der Waals surface area contributed by atoms with Crippen molar-refractivity contribution in [2.45, 2.75) is 37.9 Å². The minimum absolute atomic E-state index is 0.332. The van der Waals surface area contributed by atoms with Gasteiger partial charge in [-0.2, -0.15) is 0 Å². The van der Waals surface area contributed by atoms with E-state index in [0.717, 1.165) is 27.9 Å². The number of aryl methyl sites for hydroxylation is 1. The Hall–Kier alpha value is -1.95. The molecular formula is C21H21Cl2N3OS. The SMILES string of the molecule is C=CCn1c(COc2cccc(C)c2C)nnc1SCc1c(Cl)cccc1Cl. The summed E-state index contributed by atoms with van der Waals surface area (Å²) in [5.41, 5.74) is 3.20. The predicted molar refractivity (Wildman–Crippen MR) is 116 cm³/mol. The first-order valence-electron chi connectivity index (χ1n) is 8.79. The van der Waals surface area contributed by atoms with Crippen molar-refractivity contribution in [2.24, 2.45) is 0 Å². The molecule has 2 aromatic carbocycles. The quantitative estimate of drug-likeness (QED) is 0.310. The van der Waals surface area contributed by atoms with Crippen LogP contribution in [0.1, 0.15) is 22.5 Å². The van der Waals surface area contributed by atoms with Crippen LogP contribution in [0.15, 0.2) is 54.2 Å². The molecule has 3 aromatic rings. The molecule has 0 saturated heterocycles. The molecule has 7 heteroatoms. The molecule has 0 saturated carbocycles. The van der Waals surface area contributed by atoms with Gasteiger partial charge >= 0.3 is 0 Å². The lowest BCUT2D eigenvalue weighted by Crippen LogP contribution is -2.08. The van der Waals surface area contributed by atoms with Crippen LogP contribution in [0, 0.1) is 13.8 Å². The van der Waals surface area contributed by atoms with Gasteiger partial charge < -0.3 is 4.74 Å². The highest BCUT2D eigenvalue weighted by molar-refractivity contribution is 7.98. The van der Waals surface area contributed by atoms with E-state index in [2.05, 4.69) is 29.8 Å². The molecule has 0 radical (unpaired) electrons. The zero-order valence-electron chi connectivity index (χ0n) is 15.8. The lowest BCUT2D eigenvalue weighted by molar-refractivity contribution is 0.287. The number of halogens is 2. The molecule has 0 unspecified atom stereocenters. The van der Waals surface area contributed by atoms with E-state index in [1.807, 2.05) is 47.9 Å². The number of thioether (sulfide) groups is 1. The Morgan fingerprint density at radius 3 is 2.54 bits per heavy atom. The second-order valence-corrected chi connectivity index (χ2v) is 8.03. The molecule has 3 rings (SSSR count). The van der Waals surface area contributed by atoms with Crippen molar-refractivity contribution in [3.05, 3.63) is 81.6 Å². The summed E-state index contributed by atoms with van der Waals surface area (Å²) in [6.45, 7) is 8.88. The number of ether oxygens (including phenoxy) is 1. The molecule has 0 bridgehead atoms. The van der Waals surface area contributed by atoms with E-state index in [4.69, 9.17) is 27.9 Å². The van der Waals surface area contributed by atoms with Crippen LogP contribution in [-0.4, -0.2) is 14.8 Å². The van der Waals surface area contributed by atoms with Crippen LogP contribution in [0.4, 0.5) is 0 Å². The molecule has 0 spiro atoms. The van der Waals surface area contributed by atoms with Gasteiger partial charge in [-0.25, -0.2) is 0 Å². The molecule has 0 amide bonds. The Kier molecular flexibility index (Phi) is 7.05. The van der Waals surface area contributed by atoms with Gasteiger partial charge in [-0.3, -0.25) is 4.57 Å². The zero-order chi connectivity index (χ0) is 20.1. The number of hydrogen-bond acceptors (Lipinski definition) is 4. The maximum absolute atomic E-state index is 6.27. The van der Waals surface area contributed by atoms with E-state index in [1.165, 1.54) is 17.3 Å². The number of aromatic nitrogens is 3. The molecule has 0 aliphatic carbocycles. The second-order valence-electron chi connectivity index (χ2n) is 6.27. The van der Waals surface area contributed by atoms with Crippen molar-refractivity contribution in [3.63, 3.8) is 0 Å². The normalized spacial score (nSPS) is 10.9. The highest BCUT2D eigenvalue weighted by Crippen LogP contribution is 2.31. The number of rotatable bonds is 8. The second kappa shape index (κ2) is 9.50. The fraction of sp³-hybridized carbons (Fsp3) is 0.238. The average Bonchev–Trinajstić information content (AvgIpc) is 3.05. The van der Waals surface area contributed by atoms with Gasteiger partial charge in [0.1, 0.15) is 12.4 Å². The maximum Gasteiger partial charge on any atom is 0.191 e. The first kappa shape index (κ1) is 20.8. The van der Waals surface area contributed by atoms with Crippen LogP contribution in [-0.2, 0) is 18.9 Å². The Labute approximate surface area is 179 Å². The summed E-state index contributed by atoms with van der Waals surface area (Å²) in [5.74, 6) is 2.20. The van der Waals surface area contributed by atoms with Crippen molar-refractivity contribution < 1.29 is 4.74 Å². The van der Waals surface area contributed by atoms with Gasteiger partial charge in [0.25, 0.3) is 0 Å².